The van der Waals surface area contributed by atoms with Crippen LogP contribution in [0.5, 0.6) is 0 Å². The van der Waals surface area contributed by atoms with Gasteiger partial charge in [-0.2, -0.15) is 0 Å². The number of urea groups is 1. The zero-order valence-corrected chi connectivity index (χ0v) is 17.5. The lowest BCUT2D eigenvalue weighted by Crippen LogP contribution is -2.52. The van der Waals surface area contributed by atoms with Crippen molar-refractivity contribution < 1.29 is 9.59 Å². The van der Waals surface area contributed by atoms with Gasteiger partial charge in [0, 0.05) is 56.0 Å². The number of hydrogen-bond acceptors (Lipinski definition) is 3. The molecule has 2 bridgehead atoms. The maximum Gasteiger partial charge on any atom is 0.317 e. The van der Waals surface area contributed by atoms with Gasteiger partial charge in [0.15, 0.2) is 0 Å². The first-order chi connectivity index (χ1) is 14.4. The SMILES string of the molecule is Cc1ccc(NC(=O)CCNC(=O)N2C[C@H]3C[C@H](C2)c2cccc(=O)n2C3)c(C)c1. The molecule has 158 valence electrons. The number of carbonyl (C=O) groups excluding carboxylic acids is 2. The zero-order valence-electron chi connectivity index (χ0n) is 17.5. The van der Waals surface area contributed by atoms with Crippen molar-refractivity contribution in [2.75, 3.05) is 25.0 Å². The Kier molecular flexibility index (Phi) is 5.61. The molecule has 2 atom stereocenters. The number of benzene rings is 1. The van der Waals surface area contributed by atoms with E-state index in [0.717, 1.165) is 28.9 Å². The molecule has 7 nitrogen and oxygen atoms in total. The maximum absolute atomic E-state index is 12.7. The minimum absolute atomic E-state index is 0.0370. The van der Waals surface area contributed by atoms with Gasteiger partial charge in [0.05, 0.1) is 0 Å². The van der Waals surface area contributed by atoms with Crippen molar-refractivity contribution in [1.29, 1.82) is 0 Å². The predicted molar refractivity (Wildman–Crippen MR) is 116 cm³/mol. The Morgan fingerprint density at radius 3 is 2.73 bits per heavy atom. The summed E-state index contributed by atoms with van der Waals surface area (Å²) in [4.78, 5) is 38.8. The summed E-state index contributed by atoms with van der Waals surface area (Å²) in [5, 5.41) is 5.78. The highest BCUT2D eigenvalue weighted by Crippen LogP contribution is 2.34. The van der Waals surface area contributed by atoms with Crippen LogP contribution in [0.15, 0.2) is 41.2 Å². The van der Waals surface area contributed by atoms with Crippen LogP contribution in [0.3, 0.4) is 0 Å². The fourth-order valence-electron chi connectivity index (χ4n) is 4.62. The number of nitrogens with zero attached hydrogens (tertiary/aromatic N) is 2. The van der Waals surface area contributed by atoms with Crippen LogP contribution >= 0.6 is 0 Å². The van der Waals surface area contributed by atoms with Gasteiger partial charge in [0.1, 0.15) is 0 Å². The number of rotatable bonds is 4. The van der Waals surface area contributed by atoms with Crippen LogP contribution in [-0.2, 0) is 11.3 Å². The summed E-state index contributed by atoms with van der Waals surface area (Å²) in [7, 11) is 0. The first-order valence-corrected chi connectivity index (χ1v) is 10.5. The number of pyridine rings is 1. The average molecular weight is 409 g/mol. The number of likely N-dealkylation sites (tertiary alicyclic amines) is 1. The number of anilines is 1. The summed E-state index contributed by atoms with van der Waals surface area (Å²) in [5.74, 6) is 0.353. The van der Waals surface area contributed by atoms with Gasteiger partial charge >= 0.3 is 6.03 Å². The van der Waals surface area contributed by atoms with E-state index in [2.05, 4.69) is 10.6 Å². The summed E-state index contributed by atoms with van der Waals surface area (Å²) < 4.78 is 1.85. The number of aromatic nitrogens is 1. The average Bonchev–Trinajstić information content (AvgIpc) is 2.71. The molecule has 2 aliphatic heterocycles. The lowest BCUT2D eigenvalue weighted by atomic mass is 9.83. The van der Waals surface area contributed by atoms with Crippen LogP contribution < -0.4 is 16.2 Å². The minimum Gasteiger partial charge on any atom is -0.337 e. The molecule has 0 aliphatic carbocycles. The molecular weight excluding hydrogens is 380 g/mol. The third-order valence-electron chi connectivity index (χ3n) is 6.05. The first kappa shape index (κ1) is 20.2. The molecule has 0 unspecified atom stereocenters. The standard InChI is InChI=1S/C23H28N4O3/c1-15-6-7-19(16(2)10-15)25-21(28)8-9-24-23(30)26-12-17-11-18(14-26)20-4-3-5-22(29)27(20)13-17/h3-7,10,17-18H,8-9,11-14H2,1-2H3,(H,24,30)(H,25,28)/t17-,18-/m1/s1. The second-order valence-corrected chi connectivity index (χ2v) is 8.45. The van der Waals surface area contributed by atoms with Crippen LogP contribution in [0, 0.1) is 19.8 Å². The normalized spacial score (nSPS) is 19.7. The largest absolute Gasteiger partial charge is 0.337 e. The van der Waals surface area contributed by atoms with E-state index >= 15 is 0 Å². The third-order valence-corrected chi connectivity index (χ3v) is 6.05. The Balaban J connectivity index is 1.29. The molecule has 1 aromatic carbocycles. The van der Waals surface area contributed by atoms with E-state index < -0.39 is 0 Å². The Morgan fingerprint density at radius 2 is 1.93 bits per heavy atom. The predicted octanol–water partition coefficient (Wildman–Crippen LogP) is 2.62. The van der Waals surface area contributed by atoms with Crippen molar-refractivity contribution >= 4 is 17.6 Å². The number of nitrogens with one attached hydrogen (secondary N) is 2. The molecule has 0 saturated carbocycles. The van der Waals surface area contributed by atoms with Crippen LogP contribution in [-0.4, -0.2) is 41.0 Å². The van der Waals surface area contributed by atoms with E-state index in [-0.39, 0.29) is 42.3 Å². The highest BCUT2D eigenvalue weighted by molar-refractivity contribution is 5.91. The van der Waals surface area contributed by atoms with Gasteiger partial charge in [0.2, 0.25) is 5.91 Å². The van der Waals surface area contributed by atoms with E-state index in [9.17, 15) is 14.4 Å². The van der Waals surface area contributed by atoms with Crippen LogP contribution in [0.2, 0.25) is 0 Å². The zero-order chi connectivity index (χ0) is 21.3. The fraction of sp³-hybridized carbons (Fsp3) is 0.435. The highest BCUT2D eigenvalue weighted by Gasteiger charge is 2.36. The molecule has 30 heavy (non-hydrogen) atoms. The molecule has 4 rings (SSSR count). The van der Waals surface area contributed by atoms with E-state index in [1.165, 1.54) is 0 Å². The van der Waals surface area contributed by atoms with Crippen molar-refractivity contribution in [2.24, 2.45) is 5.92 Å². The molecule has 2 aromatic rings. The van der Waals surface area contributed by atoms with Crippen molar-refractivity contribution in [3.63, 3.8) is 0 Å². The number of amides is 3. The molecule has 1 aromatic heterocycles. The van der Waals surface area contributed by atoms with Crippen LogP contribution in [0.25, 0.3) is 0 Å². The van der Waals surface area contributed by atoms with Gasteiger partial charge in [-0.25, -0.2) is 4.79 Å². The maximum atomic E-state index is 12.7. The molecule has 7 heteroatoms. The number of piperidine rings is 1. The molecule has 1 fully saturated rings. The molecule has 0 radical (unpaired) electrons. The van der Waals surface area contributed by atoms with Crippen molar-refractivity contribution in [2.45, 2.75) is 39.2 Å². The summed E-state index contributed by atoms with van der Waals surface area (Å²) in [6, 6.07) is 11.1. The summed E-state index contributed by atoms with van der Waals surface area (Å²) in [6.07, 6.45) is 1.23. The Hall–Kier alpha value is -3.09. The number of hydrogen-bond donors (Lipinski definition) is 2. The summed E-state index contributed by atoms with van der Waals surface area (Å²) in [6.45, 7) is 6.16. The Labute approximate surface area is 176 Å². The first-order valence-electron chi connectivity index (χ1n) is 10.5. The van der Waals surface area contributed by atoms with Crippen molar-refractivity contribution in [3.8, 4) is 0 Å². The molecular formula is C23H28N4O3. The molecule has 1 saturated heterocycles. The lowest BCUT2D eigenvalue weighted by Gasteiger charge is -2.42. The molecule has 3 heterocycles. The van der Waals surface area contributed by atoms with E-state index in [0.29, 0.717) is 19.6 Å². The van der Waals surface area contributed by atoms with Crippen LogP contribution in [0.1, 0.15) is 35.6 Å². The minimum atomic E-state index is -0.143. The molecule has 0 spiro atoms. The van der Waals surface area contributed by atoms with Gasteiger partial charge < -0.3 is 20.1 Å². The van der Waals surface area contributed by atoms with E-state index in [1.807, 2.05) is 47.6 Å². The number of aryl methyl sites for hydroxylation is 2. The monoisotopic (exact) mass is 408 g/mol. The fourth-order valence-corrected chi connectivity index (χ4v) is 4.62. The number of carbonyl (C=O) groups is 2. The second kappa shape index (κ2) is 8.34. The van der Waals surface area contributed by atoms with Gasteiger partial charge in [-0.3, -0.25) is 9.59 Å². The van der Waals surface area contributed by atoms with Crippen LogP contribution in [0.4, 0.5) is 10.5 Å². The summed E-state index contributed by atoms with van der Waals surface area (Å²) in [5.41, 5.74) is 4.02. The Morgan fingerprint density at radius 1 is 1.10 bits per heavy atom. The third kappa shape index (κ3) is 4.25. The molecule has 3 amide bonds. The van der Waals surface area contributed by atoms with Gasteiger partial charge in [-0.1, -0.05) is 23.8 Å². The highest BCUT2D eigenvalue weighted by atomic mass is 16.2. The van der Waals surface area contributed by atoms with Gasteiger partial charge in [-0.15, -0.1) is 0 Å². The van der Waals surface area contributed by atoms with Crippen molar-refractivity contribution in [1.82, 2.24) is 14.8 Å². The summed E-state index contributed by atoms with van der Waals surface area (Å²) >= 11 is 0. The van der Waals surface area contributed by atoms with E-state index in [4.69, 9.17) is 0 Å². The number of fused-ring (bicyclic) bond motifs is 4. The molecule has 2 aliphatic rings. The quantitative estimate of drug-likeness (QED) is 0.816. The smallest absolute Gasteiger partial charge is 0.317 e. The van der Waals surface area contributed by atoms with Crippen molar-refractivity contribution in [3.05, 3.63) is 63.6 Å². The van der Waals surface area contributed by atoms with Gasteiger partial charge in [0.25, 0.3) is 5.56 Å². The lowest BCUT2D eigenvalue weighted by molar-refractivity contribution is -0.116. The van der Waals surface area contributed by atoms with E-state index in [1.54, 1.807) is 12.1 Å². The topological polar surface area (TPSA) is 83.4 Å². The van der Waals surface area contributed by atoms with Gasteiger partial charge in [-0.05, 0) is 43.9 Å². The second-order valence-electron chi connectivity index (χ2n) is 8.45. The molecule has 2 N–H and O–H groups in total. The Bertz CT molecular complexity index is 1030.